The minimum absolute atomic E-state index is 0.0633. The number of piperidine rings is 1. The third-order valence-corrected chi connectivity index (χ3v) is 9.11. The monoisotopic (exact) mass is 535 g/mol. The maximum atomic E-state index is 14.4. The van der Waals surface area contributed by atoms with Crippen molar-refractivity contribution in [3.63, 3.8) is 0 Å². The predicted molar refractivity (Wildman–Crippen MR) is 153 cm³/mol. The molecule has 2 aliphatic rings. The summed E-state index contributed by atoms with van der Waals surface area (Å²) >= 11 is 0. The smallest absolute Gasteiger partial charge is 0.334 e. The van der Waals surface area contributed by atoms with E-state index in [-0.39, 0.29) is 29.2 Å². The number of likely N-dealkylation sites (tertiary alicyclic amines) is 1. The van der Waals surface area contributed by atoms with Crippen LogP contribution in [0.15, 0.2) is 41.5 Å². The fourth-order valence-electron chi connectivity index (χ4n) is 6.34. The summed E-state index contributed by atoms with van der Waals surface area (Å²) in [6.45, 7) is 9.25. The number of imidazole rings is 1. The molecule has 1 aliphatic heterocycles. The van der Waals surface area contributed by atoms with Gasteiger partial charge in [-0.15, -0.1) is 0 Å². The maximum Gasteiger partial charge on any atom is 0.334 e. The summed E-state index contributed by atoms with van der Waals surface area (Å²) in [6, 6.07) is 5.93. The number of hydrogen-bond donors (Lipinski definition) is 0. The van der Waals surface area contributed by atoms with Gasteiger partial charge in [-0.2, -0.15) is 0 Å². The highest BCUT2D eigenvalue weighted by Gasteiger charge is 2.28. The van der Waals surface area contributed by atoms with Crippen LogP contribution < -0.4 is 5.69 Å². The normalized spacial score (nSPS) is 21.1. The number of hydrogen-bond acceptors (Lipinski definition) is 4. The molecule has 3 aromatic rings. The van der Waals surface area contributed by atoms with Gasteiger partial charge in [-0.3, -0.25) is 18.9 Å². The molecule has 5 rings (SSSR count). The van der Waals surface area contributed by atoms with Gasteiger partial charge in [0.2, 0.25) is 0 Å². The van der Waals surface area contributed by atoms with E-state index in [1.165, 1.54) is 50.3 Å². The number of carbonyl (C=O) groups excluding carboxylic acids is 1. The second-order valence-corrected chi connectivity index (χ2v) is 12.0. The lowest BCUT2D eigenvalue weighted by Crippen LogP contribution is -2.39. The van der Waals surface area contributed by atoms with Gasteiger partial charge in [0.05, 0.1) is 28.5 Å². The van der Waals surface area contributed by atoms with Gasteiger partial charge in [0, 0.05) is 38.4 Å². The highest BCUT2D eigenvalue weighted by molar-refractivity contribution is 5.98. The van der Waals surface area contributed by atoms with Crippen LogP contribution in [0.4, 0.5) is 4.39 Å². The Morgan fingerprint density at radius 2 is 1.79 bits per heavy atom. The van der Waals surface area contributed by atoms with Crippen molar-refractivity contribution in [1.29, 1.82) is 0 Å². The van der Waals surface area contributed by atoms with Crippen LogP contribution in [0.1, 0.15) is 82.1 Å². The van der Waals surface area contributed by atoms with Gasteiger partial charge in [-0.25, -0.2) is 9.18 Å². The molecule has 0 atom stereocenters. The van der Waals surface area contributed by atoms with E-state index in [2.05, 4.69) is 16.8 Å². The summed E-state index contributed by atoms with van der Waals surface area (Å²) in [5, 5.41) is 0. The fraction of sp³-hybridized carbons (Fsp3) is 0.581. The lowest BCUT2D eigenvalue weighted by molar-refractivity contribution is 0.0754. The molecule has 1 aromatic carbocycles. The Morgan fingerprint density at radius 1 is 1.08 bits per heavy atom. The molecule has 39 heavy (non-hydrogen) atoms. The fourth-order valence-corrected chi connectivity index (χ4v) is 6.34. The minimum Gasteiger partial charge on any atom is -0.339 e. The number of rotatable bonds is 7. The lowest BCUT2D eigenvalue weighted by atomic mass is 9.81. The summed E-state index contributed by atoms with van der Waals surface area (Å²) in [5.74, 6) is 0.906. The number of fused-ring (bicyclic) bond motifs is 1. The molecule has 1 aliphatic carbocycles. The van der Waals surface area contributed by atoms with E-state index in [1.807, 2.05) is 24.5 Å². The van der Waals surface area contributed by atoms with E-state index < -0.39 is 5.82 Å². The Morgan fingerprint density at radius 3 is 2.49 bits per heavy atom. The molecule has 1 saturated carbocycles. The summed E-state index contributed by atoms with van der Waals surface area (Å²) in [6.07, 6.45) is 11.9. The standard InChI is InChI=1S/C31H42FN5O2/c1-21(2)34(4)30(38)26-19-24(32)9-10-27(26)37-29-20-33-15-11-28(29)36(31(37)39)25-13-17-35(18-14-25)16-12-23-7-5-22(3)6-8-23/h9-11,15,19-23,25H,5-8,12-14,16-18H2,1-4H3. The van der Waals surface area contributed by atoms with Crippen molar-refractivity contribution in [3.8, 4) is 5.69 Å². The quantitative estimate of drug-likeness (QED) is 0.392. The van der Waals surface area contributed by atoms with Crippen molar-refractivity contribution in [2.45, 2.75) is 77.8 Å². The molecule has 2 aromatic heterocycles. The van der Waals surface area contributed by atoms with Crippen molar-refractivity contribution >= 4 is 16.9 Å². The van der Waals surface area contributed by atoms with Gasteiger partial charge in [0.15, 0.2) is 0 Å². The zero-order chi connectivity index (χ0) is 27.7. The highest BCUT2D eigenvalue weighted by Crippen LogP contribution is 2.32. The minimum atomic E-state index is -0.510. The van der Waals surface area contributed by atoms with Crippen LogP contribution in [0, 0.1) is 17.7 Å². The number of nitrogens with zero attached hydrogens (tertiary/aromatic N) is 5. The molecule has 8 heteroatoms. The van der Waals surface area contributed by atoms with Crippen LogP contribution >= 0.6 is 0 Å². The van der Waals surface area contributed by atoms with Gasteiger partial charge in [-0.05, 0) is 75.8 Å². The molecule has 0 bridgehead atoms. The third kappa shape index (κ3) is 5.67. The second kappa shape index (κ2) is 11.6. The first-order chi connectivity index (χ1) is 18.7. The van der Waals surface area contributed by atoms with E-state index in [9.17, 15) is 14.0 Å². The van der Waals surface area contributed by atoms with Crippen LogP contribution in [0.5, 0.6) is 0 Å². The average Bonchev–Trinajstić information content (AvgIpc) is 3.23. The molecule has 0 N–H and O–H groups in total. The number of aromatic nitrogens is 3. The van der Waals surface area contributed by atoms with Crippen molar-refractivity contribution in [1.82, 2.24) is 23.9 Å². The largest absolute Gasteiger partial charge is 0.339 e. The lowest BCUT2D eigenvalue weighted by Gasteiger charge is -2.34. The van der Waals surface area contributed by atoms with E-state index in [1.54, 1.807) is 28.9 Å². The summed E-state index contributed by atoms with van der Waals surface area (Å²) in [7, 11) is 1.69. The summed E-state index contributed by atoms with van der Waals surface area (Å²) in [4.78, 5) is 35.8. The second-order valence-electron chi connectivity index (χ2n) is 12.0. The topological polar surface area (TPSA) is 63.4 Å². The molecule has 1 saturated heterocycles. The molecule has 1 amide bonds. The van der Waals surface area contributed by atoms with Gasteiger partial charge in [0.1, 0.15) is 5.82 Å². The third-order valence-electron chi connectivity index (χ3n) is 9.11. The van der Waals surface area contributed by atoms with E-state index in [4.69, 9.17) is 0 Å². The summed E-state index contributed by atoms with van der Waals surface area (Å²) < 4.78 is 17.8. The molecular weight excluding hydrogens is 493 g/mol. The van der Waals surface area contributed by atoms with E-state index in [0.717, 1.165) is 49.8 Å². The predicted octanol–water partition coefficient (Wildman–Crippen LogP) is 5.66. The number of carbonyl (C=O) groups is 1. The van der Waals surface area contributed by atoms with Crippen LogP contribution in [-0.4, -0.2) is 62.5 Å². The molecule has 210 valence electrons. The molecule has 2 fully saturated rings. The van der Waals surface area contributed by atoms with Crippen LogP contribution in [0.25, 0.3) is 16.7 Å². The van der Waals surface area contributed by atoms with Crippen LogP contribution in [-0.2, 0) is 0 Å². The Hall–Kier alpha value is -3.00. The molecule has 0 radical (unpaired) electrons. The first kappa shape index (κ1) is 27.6. The van der Waals surface area contributed by atoms with Gasteiger partial charge < -0.3 is 9.80 Å². The van der Waals surface area contributed by atoms with Crippen LogP contribution in [0.2, 0.25) is 0 Å². The highest BCUT2D eigenvalue weighted by atomic mass is 19.1. The first-order valence-corrected chi connectivity index (χ1v) is 14.6. The van der Waals surface area contributed by atoms with Crippen LogP contribution in [0.3, 0.4) is 0 Å². The summed E-state index contributed by atoms with van der Waals surface area (Å²) in [5.41, 5.74) is 1.77. The number of pyridine rings is 1. The Labute approximate surface area is 230 Å². The molecule has 0 unspecified atom stereocenters. The van der Waals surface area contributed by atoms with Gasteiger partial charge >= 0.3 is 5.69 Å². The zero-order valence-corrected chi connectivity index (χ0v) is 23.8. The molecule has 3 heterocycles. The Kier molecular flexibility index (Phi) is 8.21. The SMILES string of the molecule is CC1CCC(CCN2CCC(n3c(=O)n(-c4ccc(F)cc4C(=O)N(C)C(C)C)c4cnccc43)CC2)CC1. The van der Waals surface area contributed by atoms with Crippen molar-refractivity contribution in [2.75, 3.05) is 26.7 Å². The number of benzene rings is 1. The Bertz CT molecular complexity index is 1360. The molecule has 7 nitrogen and oxygen atoms in total. The number of halogens is 1. The van der Waals surface area contributed by atoms with Crippen molar-refractivity contribution in [3.05, 3.63) is 58.5 Å². The van der Waals surface area contributed by atoms with Gasteiger partial charge in [0.25, 0.3) is 5.91 Å². The first-order valence-electron chi connectivity index (χ1n) is 14.6. The molecule has 0 spiro atoms. The maximum absolute atomic E-state index is 14.4. The zero-order valence-electron chi connectivity index (χ0n) is 23.8. The number of amides is 1. The van der Waals surface area contributed by atoms with E-state index >= 15 is 0 Å². The molecular formula is C31H42FN5O2. The average molecular weight is 536 g/mol. The van der Waals surface area contributed by atoms with E-state index in [0.29, 0.717) is 11.2 Å². The van der Waals surface area contributed by atoms with Crippen molar-refractivity contribution < 1.29 is 9.18 Å². The van der Waals surface area contributed by atoms with Crippen molar-refractivity contribution in [2.24, 2.45) is 11.8 Å². The van der Waals surface area contributed by atoms with Gasteiger partial charge in [-0.1, -0.05) is 32.6 Å². The Balaban J connectivity index is 1.41.